The maximum atomic E-state index is 13.8. The molecule has 3 N–H and O–H groups in total. The molecule has 0 aliphatic heterocycles. The molecule has 0 aromatic heterocycles. The van der Waals surface area contributed by atoms with E-state index in [-0.39, 0.29) is 23.7 Å². The average molecular weight is 254 g/mol. The topological polar surface area (TPSA) is 38.0 Å². The summed E-state index contributed by atoms with van der Waals surface area (Å²) in [6.45, 7) is 0. The van der Waals surface area contributed by atoms with Gasteiger partial charge in [0.25, 0.3) is 0 Å². The molecule has 1 aliphatic rings. The predicted molar refractivity (Wildman–Crippen MR) is 68.1 cm³/mol. The zero-order valence-electron chi connectivity index (χ0n) is 10.6. The molecule has 1 aromatic carbocycles. The Morgan fingerprint density at radius 3 is 2.50 bits per heavy atom. The van der Waals surface area contributed by atoms with Crippen molar-refractivity contribution in [1.82, 2.24) is 5.32 Å². The van der Waals surface area contributed by atoms with Crippen molar-refractivity contribution in [2.75, 3.05) is 7.05 Å². The molecular formula is C14H20F2N2. The summed E-state index contributed by atoms with van der Waals surface area (Å²) in [7, 11) is 1.80. The van der Waals surface area contributed by atoms with Crippen LogP contribution in [0.2, 0.25) is 0 Å². The first-order chi connectivity index (χ1) is 8.61. The molecule has 4 heteroatoms. The van der Waals surface area contributed by atoms with Crippen LogP contribution in [-0.4, -0.2) is 13.1 Å². The van der Waals surface area contributed by atoms with Crippen molar-refractivity contribution in [1.29, 1.82) is 0 Å². The maximum Gasteiger partial charge on any atom is 0.128 e. The Balaban J connectivity index is 2.19. The second kappa shape index (κ2) is 5.76. The minimum atomic E-state index is -0.390. The predicted octanol–water partition coefficient (Wildman–Crippen LogP) is 2.74. The fourth-order valence-electron chi connectivity index (χ4n) is 2.88. The van der Waals surface area contributed by atoms with Crippen molar-refractivity contribution in [3.8, 4) is 0 Å². The van der Waals surface area contributed by atoms with Crippen LogP contribution in [0, 0.1) is 17.6 Å². The first-order valence-electron chi connectivity index (χ1n) is 6.49. The van der Waals surface area contributed by atoms with Gasteiger partial charge in [0.05, 0.1) is 0 Å². The van der Waals surface area contributed by atoms with Crippen molar-refractivity contribution < 1.29 is 8.78 Å². The zero-order valence-corrected chi connectivity index (χ0v) is 10.6. The van der Waals surface area contributed by atoms with Crippen LogP contribution in [0.15, 0.2) is 18.2 Å². The minimum Gasteiger partial charge on any atom is -0.328 e. The van der Waals surface area contributed by atoms with Gasteiger partial charge in [0, 0.05) is 17.6 Å². The van der Waals surface area contributed by atoms with E-state index in [4.69, 9.17) is 5.73 Å². The summed E-state index contributed by atoms with van der Waals surface area (Å²) >= 11 is 0. The van der Waals surface area contributed by atoms with Crippen LogP contribution in [0.4, 0.5) is 8.78 Å². The molecule has 1 unspecified atom stereocenters. The molecule has 0 radical (unpaired) electrons. The molecule has 1 saturated carbocycles. The third kappa shape index (κ3) is 2.87. The van der Waals surface area contributed by atoms with Gasteiger partial charge in [-0.3, -0.25) is 0 Å². The Labute approximate surface area is 107 Å². The van der Waals surface area contributed by atoms with E-state index in [1.807, 2.05) is 0 Å². The lowest BCUT2D eigenvalue weighted by atomic mass is 9.79. The van der Waals surface area contributed by atoms with Crippen molar-refractivity contribution in [3.63, 3.8) is 0 Å². The summed E-state index contributed by atoms with van der Waals surface area (Å²) < 4.78 is 27.1. The average Bonchev–Trinajstić information content (AvgIpc) is 2.37. The number of halogens is 2. The molecule has 0 saturated heterocycles. The van der Waals surface area contributed by atoms with Gasteiger partial charge in [-0.25, -0.2) is 8.78 Å². The van der Waals surface area contributed by atoms with E-state index >= 15 is 0 Å². The van der Waals surface area contributed by atoms with E-state index in [2.05, 4.69) is 5.32 Å². The summed E-state index contributed by atoms with van der Waals surface area (Å²) in [4.78, 5) is 0. The normalized spacial score (nSPS) is 26.0. The van der Waals surface area contributed by atoms with Gasteiger partial charge in [-0.15, -0.1) is 0 Å². The van der Waals surface area contributed by atoms with Crippen LogP contribution in [0.1, 0.15) is 37.3 Å². The summed E-state index contributed by atoms with van der Waals surface area (Å²) in [5, 5.41) is 3.12. The first-order valence-corrected chi connectivity index (χ1v) is 6.49. The molecule has 18 heavy (non-hydrogen) atoms. The Bertz CT molecular complexity index is 401. The summed E-state index contributed by atoms with van der Waals surface area (Å²) in [6.07, 6.45) is 3.84. The summed E-state index contributed by atoms with van der Waals surface area (Å²) in [5.41, 5.74) is 6.31. The smallest absolute Gasteiger partial charge is 0.128 e. The molecule has 2 rings (SSSR count). The first kappa shape index (κ1) is 13.4. The van der Waals surface area contributed by atoms with Gasteiger partial charge in [0.15, 0.2) is 0 Å². The van der Waals surface area contributed by atoms with Crippen LogP contribution in [-0.2, 0) is 0 Å². The monoisotopic (exact) mass is 254 g/mol. The highest BCUT2D eigenvalue weighted by Gasteiger charge is 2.28. The molecule has 1 atom stereocenters. The molecule has 0 heterocycles. The molecule has 100 valence electrons. The molecule has 1 aliphatic carbocycles. The highest BCUT2D eigenvalue weighted by atomic mass is 19.1. The van der Waals surface area contributed by atoms with Crippen LogP contribution in [0.3, 0.4) is 0 Å². The highest BCUT2D eigenvalue weighted by Crippen LogP contribution is 2.35. The second-order valence-corrected chi connectivity index (χ2v) is 5.11. The van der Waals surface area contributed by atoms with E-state index in [9.17, 15) is 8.78 Å². The fourth-order valence-corrected chi connectivity index (χ4v) is 2.88. The van der Waals surface area contributed by atoms with Gasteiger partial charge in [-0.2, -0.15) is 0 Å². The third-order valence-corrected chi connectivity index (χ3v) is 3.89. The Morgan fingerprint density at radius 2 is 1.89 bits per heavy atom. The number of rotatable bonds is 3. The molecule has 0 amide bonds. The van der Waals surface area contributed by atoms with Crippen LogP contribution in [0.5, 0.6) is 0 Å². The van der Waals surface area contributed by atoms with Crippen molar-refractivity contribution in [2.45, 2.75) is 37.8 Å². The van der Waals surface area contributed by atoms with Crippen molar-refractivity contribution in [3.05, 3.63) is 35.4 Å². The number of benzene rings is 1. The lowest BCUT2D eigenvalue weighted by molar-refractivity contribution is 0.258. The van der Waals surface area contributed by atoms with E-state index in [1.165, 1.54) is 12.1 Å². The van der Waals surface area contributed by atoms with Crippen molar-refractivity contribution >= 4 is 0 Å². The third-order valence-electron chi connectivity index (χ3n) is 3.89. The zero-order chi connectivity index (χ0) is 13.1. The highest BCUT2D eigenvalue weighted by molar-refractivity contribution is 5.23. The van der Waals surface area contributed by atoms with Gasteiger partial charge in [0.1, 0.15) is 11.6 Å². The maximum absolute atomic E-state index is 13.8. The summed E-state index contributed by atoms with van der Waals surface area (Å²) in [6, 6.07) is 3.78. The number of nitrogens with one attached hydrogen (secondary N) is 1. The largest absolute Gasteiger partial charge is 0.328 e. The summed E-state index contributed by atoms with van der Waals surface area (Å²) in [5.74, 6) is -0.407. The van der Waals surface area contributed by atoms with Gasteiger partial charge in [-0.05, 0) is 56.8 Å². The standard InChI is InChI=1S/C14H20F2N2/c1-18-14(9-2-5-11(17)6-3-9)12-8-10(15)4-7-13(12)16/h4,7-9,11,14,18H,2-3,5-6,17H2,1H3. The lowest BCUT2D eigenvalue weighted by Gasteiger charge is -2.33. The van der Waals surface area contributed by atoms with E-state index < -0.39 is 0 Å². The van der Waals surface area contributed by atoms with Gasteiger partial charge in [0.2, 0.25) is 0 Å². The Morgan fingerprint density at radius 1 is 1.22 bits per heavy atom. The van der Waals surface area contributed by atoms with Crippen LogP contribution in [0.25, 0.3) is 0 Å². The fraction of sp³-hybridized carbons (Fsp3) is 0.571. The number of hydrogen-bond donors (Lipinski definition) is 2. The molecule has 2 nitrogen and oxygen atoms in total. The van der Waals surface area contributed by atoms with Gasteiger partial charge >= 0.3 is 0 Å². The quantitative estimate of drug-likeness (QED) is 0.870. The number of hydrogen-bond acceptors (Lipinski definition) is 2. The molecule has 1 aromatic rings. The van der Waals surface area contributed by atoms with E-state index in [0.29, 0.717) is 11.5 Å². The van der Waals surface area contributed by atoms with E-state index in [1.54, 1.807) is 7.05 Å². The molecule has 0 bridgehead atoms. The van der Waals surface area contributed by atoms with Gasteiger partial charge in [-0.1, -0.05) is 0 Å². The van der Waals surface area contributed by atoms with Crippen molar-refractivity contribution in [2.24, 2.45) is 11.7 Å². The minimum absolute atomic E-state index is 0.131. The Hall–Kier alpha value is -1.00. The SMILES string of the molecule is CNC(c1cc(F)ccc1F)C1CCC(N)CC1. The van der Waals surface area contributed by atoms with E-state index in [0.717, 1.165) is 31.7 Å². The lowest BCUT2D eigenvalue weighted by Crippen LogP contribution is -2.33. The number of nitrogens with two attached hydrogens (primary N) is 1. The van der Waals surface area contributed by atoms with Gasteiger partial charge < -0.3 is 11.1 Å². The second-order valence-electron chi connectivity index (χ2n) is 5.11. The van der Waals surface area contributed by atoms with Crippen LogP contribution < -0.4 is 11.1 Å². The molecular weight excluding hydrogens is 234 g/mol. The Kier molecular flexibility index (Phi) is 4.30. The molecule has 1 fully saturated rings. The van der Waals surface area contributed by atoms with Crippen LogP contribution >= 0.6 is 0 Å². The molecule has 0 spiro atoms.